The highest BCUT2D eigenvalue weighted by Gasteiger charge is 2.04. The molecule has 0 spiro atoms. The van der Waals surface area contributed by atoms with Crippen LogP contribution in [0.15, 0.2) is 46.9 Å². The third-order valence-electron chi connectivity index (χ3n) is 2.00. The van der Waals surface area contributed by atoms with Gasteiger partial charge in [-0.05, 0) is 36.4 Å². The van der Waals surface area contributed by atoms with Gasteiger partial charge < -0.3 is 10.5 Å². The minimum Gasteiger partial charge on any atom is -0.454 e. The molecule has 16 heavy (non-hydrogen) atoms. The summed E-state index contributed by atoms with van der Waals surface area (Å²) >= 11 is 3.31. The molecular formula is C12H9BrFNO. The van der Waals surface area contributed by atoms with Crippen LogP contribution in [0.1, 0.15) is 0 Å². The fraction of sp³-hybridized carbons (Fsp3) is 0. The number of anilines is 1. The van der Waals surface area contributed by atoms with Gasteiger partial charge in [0.2, 0.25) is 0 Å². The van der Waals surface area contributed by atoms with Gasteiger partial charge in [-0.3, -0.25) is 0 Å². The zero-order chi connectivity index (χ0) is 11.5. The van der Waals surface area contributed by atoms with Crippen LogP contribution < -0.4 is 10.5 Å². The number of halogens is 2. The van der Waals surface area contributed by atoms with Crippen LogP contribution in [0.3, 0.4) is 0 Å². The van der Waals surface area contributed by atoms with E-state index < -0.39 is 5.82 Å². The summed E-state index contributed by atoms with van der Waals surface area (Å²) in [7, 11) is 0. The molecule has 0 atom stereocenters. The van der Waals surface area contributed by atoms with Crippen molar-refractivity contribution in [3.63, 3.8) is 0 Å². The van der Waals surface area contributed by atoms with E-state index in [1.165, 1.54) is 12.1 Å². The Morgan fingerprint density at radius 2 is 1.75 bits per heavy atom. The molecule has 0 aliphatic rings. The van der Waals surface area contributed by atoms with Crippen molar-refractivity contribution in [2.75, 3.05) is 5.73 Å². The van der Waals surface area contributed by atoms with E-state index in [0.717, 1.165) is 4.47 Å². The number of ether oxygens (including phenoxy) is 1. The molecule has 0 bridgehead atoms. The maximum atomic E-state index is 13.4. The summed E-state index contributed by atoms with van der Waals surface area (Å²) in [6.07, 6.45) is 0. The molecule has 0 saturated heterocycles. The first-order valence-corrected chi connectivity index (χ1v) is 5.43. The van der Waals surface area contributed by atoms with Gasteiger partial charge in [-0.15, -0.1) is 0 Å². The van der Waals surface area contributed by atoms with Crippen LogP contribution in [0.5, 0.6) is 11.5 Å². The maximum absolute atomic E-state index is 13.4. The number of nitrogens with two attached hydrogens (primary N) is 1. The van der Waals surface area contributed by atoms with Crippen LogP contribution >= 0.6 is 15.9 Å². The zero-order valence-electron chi connectivity index (χ0n) is 8.28. The van der Waals surface area contributed by atoms with Gasteiger partial charge in [0.25, 0.3) is 0 Å². The minimum atomic E-state index is -0.470. The van der Waals surface area contributed by atoms with Crippen molar-refractivity contribution in [2.45, 2.75) is 0 Å². The summed E-state index contributed by atoms with van der Waals surface area (Å²) in [5.74, 6) is 0.270. The first-order chi connectivity index (χ1) is 7.65. The van der Waals surface area contributed by atoms with Gasteiger partial charge in [0, 0.05) is 16.2 Å². The van der Waals surface area contributed by atoms with Crippen LogP contribution in [0.4, 0.5) is 10.1 Å². The van der Waals surface area contributed by atoms with Crippen LogP contribution in [0.25, 0.3) is 0 Å². The first-order valence-electron chi connectivity index (χ1n) is 4.63. The molecule has 0 aromatic heterocycles. The molecule has 0 fully saturated rings. The first kappa shape index (κ1) is 11.0. The number of hydrogen-bond donors (Lipinski definition) is 1. The lowest BCUT2D eigenvalue weighted by molar-refractivity contribution is 0.442. The zero-order valence-corrected chi connectivity index (χ0v) is 9.87. The molecule has 0 aliphatic heterocycles. The molecule has 2 N–H and O–H groups in total. The second-order valence-electron chi connectivity index (χ2n) is 3.25. The Morgan fingerprint density at radius 1 is 1.06 bits per heavy atom. The normalized spacial score (nSPS) is 10.1. The largest absolute Gasteiger partial charge is 0.454 e. The summed E-state index contributed by atoms with van der Waals surface area (Å²) in [5, 5.41) is 0. The Balaban J connectivity index is 2.23. The van der Waals surface area contributed by atoms with Gasteiger partial charge in [-0.2, -0.15) is 0 Å². The van der Waals surface area contributed by atoms with E-state index in [2.05, 4.69) is 15.9 Å². The third-order valence-corrected chi connectivity index (χ3v) is 2.53. The maximum Gasteiger partial charge on any atom is 0.167 e. The van der Waals surface area contributed by atoms with E-state index in [0.29, 0.717) is 11.4 Å². The predicted octanol–water partition coefficient (Wildman–Crippen LogP) is 3.96. The van der Waals surface area contributed by atoms with E-state index in [9.17, 15) is 4.39 Å². The van der Waals surface area contributed by atoms with Gasteiger partial charge in [-0.1, -0.05) is 15.9 Å². The molecule has 0 heterocycles. The second-order valence-corrected chi connectivity index (χ2v) is 4.16. The molecule has 0 unspecified atom stereocenters. The molecule has 2 aromatic rings. The number of nitrogen functional groups attached to an aromatic ring is 1. The molecule has 2 rings (SSSR count). The van der Waals surface area contributed by atoms with E-state index in [1.54, 1.807) is 18.2 Å². The fourth-order valence-electron chi connectivity index (χ4n) is 1.23. The van der Waals surface area contributed by atoms with Crippen LogP contribution in [-0.2, 0) is 0 Å². The van der Waals surface area contributed by atoms with Crippen molar-refractivity contribution in [1.82, 2.24) is 0 Å². The lowest BCUT2D eigenvalue weighted by atomic mass is 10.3. The van der Waals surface area contributed by atoms with Crippen LogP contribution in [0.2, 0.25) is 0 Å². The van der Waals surface area contributed by atoms with E-state index >= 15 is 0 Å². The average molecular weight is 282 g/mol. The molecule has 2 nitrogen and oxygen atoms in total. The predicted molar refractivity (Wildman–Crippen MR) is 65.0 cm³/mol. The van der Waals surface area contributed by atoms with Crippen LogP contribution in [-0.4, -0.2) is 0 Å². The Labute approximate surface area is 101 Å². The molecule has 82 valence electrons. The molecule has 0 saturated carbocycles. The molecule has 0 radical (unpaired) electrons. The van der Waals surface area contributed by atoms with E-state index in [4.69, 9.17) is 10.5 Å². The highest BCUT2D eigenvalue weighted by molar-refractivity contribution is 9.10. The highest BCUT2D eigenvalue weighted by atomic mass is 79.9. The van der Waals surface area contributed by atoms with Gasteiger partial charge in [-0.25, -0.2) is 4.39 Å². The van der Waals surface area contributed by atoms with Crippen molar-refractivity contribution in [3.05, 3.63) is 52.8 Å². The Kier molecular flexibility index (Phi) is 3.10. The number of benzene rings is 2. The van der Waals surface area contributed by atoms with E-state index in [1.807, 2.05) is 12.1 Å². The van der Waals surface area contributed by atoms with Crippen LogP contribution in [0, 0.1) is 5.82 Å². The topological polar surface area (TPSA) is 35.2 Å². The molecule has 0 amide bonds. The summed E-state index contributed by atoms with van der Waals surface area (Å²) in [6, 6.07) is 11.5. The van der Waals surface area contributed by atoms with Crippen molar-refractivity contribution in [3.8, 4) is 11.5 Å². The van der Waals surface area contributed by atoms with Crippen molar-refractivity contribution >= 4 is 21.6 Å². The van der Waals surface area contributed by atoms with Gasteiger partial charge in [0.1, 0.15) is 5.75 Å². The highest BCUT2D eigenvalue weighted by Crippen LogP contribution is 2.26. The summed E-state index contributed by atoms with van der Waals surface area (Å²) in [6.45, 7) is 0. The number of hydrogen-bond acceptors (Lipinski definition) is 2. The molecular weight excluding hydrogens is 273 g/mol. The monoisotopic (exact) mass is 281 g/mol. The van der Waals surface area contributed by atoms with Crippen molar-refractivity contribution in [2.24, 2.45) is 0 Å². The standard InChI is InChI=1S/C12H9BrFNO/c13-8-1-4-10(5-2-8)16-12-6-3-9(15)7-11(12)14/h1-7H,15H2. The lowest BCUT2D eigenvalue weighted by Crippen LogP contribution is -1.91. The van der Waals surface area contributed by atoms with Gasteiger partial charge >= 0.3 is 0 Å². The minimum absolute atomic E-state index is 0.163. The van der Waals surface area contributed by atoms with Crippen molar-refractivity contribution < 1.29 is 9.13 Å². The van der Waals surface area contributed by atoms with Crippen molar-refractivity contribution in [1.29, 1.82) is 0 Å². The SMILES string of the molecule is Nc1ccc(Oc2ccc(Br)cc2)c(F)c1. The van der Waals surface area contributed by atoms with Gasteiger partial charge in [0.05, 0.1) is 0 Å². The summed E-state index contributed by atoms with van der Waals surface area (Å²) in [4.78, 5) is 0. The quantitative estimate of drug-likeness (QED) is 0.846. The van der Waals surface area contributed by atoms with E-state index in [-0.39, 0.29) is 5.75 Å². The molecule has 2 aromatic carbocycles. The summed E-state index contributed by atoms with van der Waals surface area (Å²) in [5.41, 5.74) is 5.81. The lowest BCUT2D eigenvalue weighted by Gasteiger charge is -2.07. The average Bonchev–Trinajstić information content (AvgIpc) is 2.25. The Morgan fingerprint density at radius 3 is 2.38 bits per heavy atom. The Hall–Kier alpha value is -1.55. The fourth-order valence-corrected chi connectivity index (χ4v) is 1.49. The molecule has 4 heteroatoms. The van der Waals surface area contributed by atoms with Gasteiger partial charge in [0.15, 0.2) is 11.6 Å². The number of rotatable bonds is 2. The summed E-state index contributed by atoms with van der Waals surface area (Å²) < 4.78 is 19.7. The molecule has 0 aliphatic carbocycles. The third kappa shape index (κ3) is 2.52. The second kappa shape index (κ2) is 4.53. The smallest absolute Gasteiger partial charge is 0.167 e. The Bertz CT molecular complexity index is 499.